The van der Waals surface area contributed by atoms with Crippen LogP contribution in [-0.2, 0) is 23.6 Å². The second-order valence-corrected chi connectivity index (χ2v) is 13.2. The molecule has 2 heterocycles. The molecule has 0 saturated carbocycles. The summed E-state index contributed by atoms with van der Waals surface area (Å²) in [6.07, 6.45) is 2.51. The summed E-state index contributed by atoms with van der Waals surface area (Å²) in [5.74, 6) is 0.0748. The van der Waals surface area contributed by atoms with Crippen LogP contribution in [0, 0.1) is 11.8 Å². The maximum absolute atomic E-state index is 13.5. The minimum Gasteiger partial charge on any atom is -0.351 e. The smallest absolute Gasteiger partial charge is 0.256 e. The van der Waals surface area contributed by atoms with Gasteiger partial charge in [-0.2, -0.15) is 4.31 Å². The van der Waals surface area contributed by atoms with Crippen molar-refractivity contribution in [2.75, 3.05) is 26.2 Å². The van der Waals surface area contributed by atoms with Crippen molar-refractivity contribution in [1.29, 1.82) is 0 Å². The van der Waals surface area contributed by atoms with E-state index in [2.05, 4.69) is 50.0 Å². The SMILES string of the molecule is CC(C)N(CCNC(=O)c1cn(C)c2ccc(S(=O)(=O)N3C[C@H](C)C[C@@H](C)C3)cc2c1=O)Cc1ccccc1. The number of carbonyl (C=O) groups excluding carboxylic acids is 1. The Morgan fingerprint density at radius 2 is 1.74 bits per heavy atom. The van der Waals surface area contributed by atoms with Gasteiger partial charge < -0.3 is 9.88 Å². The number of rotatable bonds is 9. The molecule has 9 heteroatoms. The summed E-state index contributed by atoms with van der Waals surface area (Å²) in [4.78, 5) is 28.9. The molecule has 1 amide bonds. The van der Waals surface area contributed by atoms with Gasteiger partial charge in [0.05, 0.1) is 10.4 Å². The van der Waals surface area contributed by atoms with Gasteiger partial charge in [-0.15, -0.1) is 0 Å². The van der Waals surface area contributed by atoms with Gasteiger partial charge in [-0.05, 0) is 55.9 Å². The van der Waals surface area contributed by atoms with Crippen LogP contribution in [0.4, 0.5) is 0 Å². The van der Waals surface area contributed by atoms with E-state index in [1.54, 1.807) is 23.7 Å². The van der Waals surface area contributed by atoms with Crippen LogP contribution in [-0.4, -0.2) is 60.3 Å². The van der Waals surface area contributed by atoms with Crippen molar-refractivity contribution in [2.45, 2.75) is 51.6 Å². The Labute approximate surface area is 231 Å². The van der Waals surface area contributed by atoms with Crippen molar-refractivity contribution in [2.24, 2.45) is 18.9 Å². The van der Waals surface area contributed by atoms with Crippen LogP contribution in [0.2, 0.25) is 0 Å². The highest BCUT2D eigenvalue weighted by Crippen LogP contribution is 2.28. The highest BCUT2D eigenvalue weighted by Gasteiger charge is 2.32. The molecule has 8 nitrogen and oxygen atoms in total. The van der Waals surface area contributed by atoms with E-state index in [1.807, 2.05) is 18.2 Å². The number of aryl methyl sites for hydroxylation is 1. The number of hydrogen-bond donors (Lipinski definition) is 1. The fourth-order valence-electron chi connectivity index (χ4n) is 5.49. The molecule has 210 valence electrons. The van der Waals surface area contributed by atoms with E-state index >= 15 is 0 Å². The molecule has 1 aromatic heterocycles. The number of benzene rings is 2. The van der Waals surface area contributed by atoms with Crippen LogP contribution in [0.25, 0.3) is 10.9 Å². The Morgan fingerprint density at radius 1 is 1.08 bits per heavy atom. The number of amides is 1. The molecule has 0 bridgehead atoms. The lowest BCUT2D eigenvalue weighted by atomic mass is 9.94. The van der Waals surface area contributed by atoms with Gasteiger partial charge in [-0.25, -0.2) is 8.42 Å². The number of piperidine rings is 1. The molecule has 0 unspecified atom stereocenters. The molecule has 0 radical (unpaired) electrons. The second kappa shape index (κ2) is 12.0. The standard InChI is InChI=1S/C30H40N4O4S/c1-21(2)33(19-24-9-7-6-8-10-24)14-13-31-30(36)27-20-32(5)28-12-11-25(16-26(28)29(27)35)39(37,38)34-17-22(3)15-23(4)18-34/h6-12,16,20-23H,13-15,17-19H2,1-5H3,(H,31,36)/t22-,23-/m1/s1. The van der Waals surface area contributed by atoms with Crippen molar-refractivity contribution < 1.29 is 13.2 Å². The lowest BCUT2D eigenvalue weighted by molar-refractivity contribution is 0.0942. The van der Waals surface area contributed by atoms with Gasteiger partial charge in [-0.3, -0.25) is 14.5 Å². The average molecular weight is 553 g/mol. The number of carbonyl (C=O) groups is 1. The first kappa shape index (κ1) is 29.0. The van der Waals surface area contributed by atoms with Crippen LogP contribution < -0.4 is 10.7 Å². The van der Waals surface area contributed by atoms with Crippen LogP contribution in [0.3, 0.4) is 0 Å². The molecule has 1 aliphatic rings. The molecule has 2 atom stereocenters. The molecule has 0 spiro atoms. The molecule has 39 heavy (non-hydrogen) atoms. The summed E-state index contributed by atoms with van der Waals surface area (Å²) in [6, 6.07) is 15.1. The van der Waals surface area contributed by atoms with Gasteiger partial charge in [-0.1, -0.05) is 44.2 Å². The first-order valence-electron chi connectivity index (χ1n) is 13.7. The van der Waals surface area contributed by atoms with E-state index in [4.69, 9.17) is 0 Å². The number of sulfonamides is 1. The van der Waals surface area contributed by atoms with Crippen molar-refractivity contribution in [3.8, 4) is 0 Å². The minimum atomic E-state index is -3.76. The third-order valence-corrected chi connectivity index (χ3v) is 9.35. The van der Waals surface area contributed by atoms with Crippen molar-refractivity contribution in [1.82, 2.24) is 19.1 Å². The molecule has 1 N–H and O–H groups in total. The average Bonchev–Trinajstić information content (AvgIpc) is 2.89. The molecule has 0 aliphatic carbocycles. The second-order valence-electron chi connectivity index (χ2n) is 11.2. The lowest BCUT2D eigenvalue weighted by Crippen LogP contribution is -2.42. The van der Waals surface area contributed by atoms with Gasteiger partial charge in [0.15, 0.2) is 0 Å². The number of hydrogen-bond acceptors (Lipinski definition) is 5. The third-order valence-electron chi connectivity index (χ3n) is 7.52. The summed E-state index contributed by atoms with van der Waals surface area (Å²) < 4.78 is 30.1. The maximum atomic E-state index is 13.5. The van der Waals surface area contributed by atoms with Crippen LogP contribution in [0.5, 0.6) is 0 Å². The quantitative estimate of drug-likeness (QED) is 0.436. The molecule has 1 fully saturated rings. The number of nitrogens with zero attached hydrogens (tertiary/aromatic N) is 3. The Bertz CT molecular complexity index is 1470. The minimum absolute atomic E-state index is 0.000999. The maximum Gasteiger partial charge on any atom is 0.256 e. The van der Waals surface area contributed by atoms with Crippen molar-refractivity contribution in [3.05, 3.63) is 76.1 Å². The fraction of sp³-hybridized carbons (Fsp3) is 0.467. The number of nitrogens with one attached hydrogen (secondary N) is 1. The van der Waals surface area contributed by atoms with Crippen molar-refractivity contribution in [3.63, 3.8) is 0 Å². The molecular weight excluding hydrogens is 512 g/mol. The Morgan fingerprint density at radius 3 is 2.38 bits per heavy atom. The first-order valence-corrected chi connectivity index (χ1v) is 15.1. The first-order chi connectivity index (χ1) is 18.5. The molecule has 1 aliphatic heterocycles. The van der Waals surface area contributed by atoms with Gasteiger partial charge in [0.2, 0.25) is 15.5 Å². The zero-order valence-corrected chi connectivity index (χ0v) is 24.4. The third kappa shape index (κ3) is 6.59. The highest BCUT2D eigenvalue weighted by atomic mass is 32.2. The van der Waals surface area contributed by atoms with Crippen LogP contribution >= 0.6 is 0 Å². The zero-order valence-electron chi connectivity index (χ0n) is 23.6. The van der Waals surface area contributed by atoms with Gasteiger partial charge in [0.25, 0.3) is 5.91 Å². The van der Waals surface area contributed by atoms with E-state index < -0.39 is 21.4 Å². The number of aromatic nitrogens is 1. The Hall–Kier alpha value is -3.01. The van der Waals surface area contributed by atoms with Crippen molar-refractivity contribution >= 4 is 26.8 Å². The topological polar surface area (TPSA) is 91.7 Å². The summed E-state index contributed by atoms with van der Waals surface area (Å²) in [7, 11) is -2.01. The number of pyridine rings is 1. The summed E-state index contributed by atoms with van der Waals surface area (Å²) >= 11 is 0. The molecule has 3 aromatic rings. The van der Waals surface area contributed by atoms with E-state index in [-0.39, 0.29) is 33.7 Å². The predicted octanol–water partition coefficient (Wildman–Crippen LogP) is 3.85. The largest absolute Gasteiger partial charge is 0.351 e. The van der Waals surface area contributed by atoms with Gasteiger partial charge in [0, 0.05) is 57.4 Å². The van der Waals surface area contributed by atoms with Gasteiger partial charge in [0.1, 0.15) is 5.56 Å². The van der Waals surface area contributed by atoms with E-state index in [0.717, 1.165) is 13.0 Å². The number of fused-ring (bicyclic) bond motifs is 1. The normalized spacial score (nSPS) is 18.6. The zero-order chi connectivity index (χ0) is 28.3. The van der Waals surface area contributed by atoms with E-state index in [0.29, 0.717) is 31.7 Å². The Balaban J connectivity index is 1.54. The predicted molar refractivity (Wildman–Crippen MR) is 155 cm³/mol. The Kier molecular flexibility index (Phi) is 8.93. The van der Waals surface area contributed by atoms with Crippen LogP contribution in [0.1, 0.15) is 50.0 Å². The summed E-state index contributed by atoms with van der Waals surface area (Å²) in [5.41, 5.74) is 1.30. The lowest BCUT2D eigenvalue weighted by Gasteiger charge is -2.34. The monoisotopic (exact) mass is 552 g/mol. The van der Waals surface area contributed by atoms with E-state index in [1.165, 1.54) is 22.1 Å². The van der Waals surface area contributed by atoms with Crippen LogP contribution in [0.15, 0.2) is 64.4 Å². The van der Waals surface area contributed by atoms with Gasteiger partial charge >= 0.3 is 0 Å². The molecule has 4 rings (SSSR count). The molecule has 1 saturated heterocycles. The molecule has 2 aromatic carbocycles. The summed E-state index contributed by atoms with van der Waals surface area (Å²) in [5, 5.41) is 3.11. The highest BCUT2D eigenvalue weighted by molar-refractivity contribution is 7.89. The molecular formula is C30H40N4O4S. The fourth-order valence-corrected chi connectivity index (χ4v) is 7.20. The summed E-state index contributed by atoms with van der Waals surface area (Å²) in [6.45, 7) is 11.0. The van der Waals surface area contributed by atoms with E-state index in [9.17, 15) is 18.0 Å².